The summed E-state index contributed by atoms with van der Waals surface area (Å²) in [6.45, 7) is 3.24. The lowest BCUT2D eigenvalue weighted by Gasteiger charge is -2.27. The van der Waals surface area contributed by atoms with Gasteiger partial charge in [0.25, 0.3) is 0 Å². The molecular formula is C41H63FN5O9P. The summed E-state index contributed by atoms with van der Waals surface area (Å²) in [5.74, 6) is -0.470. The minimum absolute atomic E-state index is 0.0336. The van der Waals surface area contributed by atoms with Gasteiger partial charge in [0.05, 0.1) is 37.7 Å². The van der Waals surface area contributed by atoms with E-state index in [4.69, 9.17) is 34.3 Å². The van der Waals surface area contributed by atoms with E-state index in [0.29, 0.717) is 23.4 Å². The first-order valence-electron chi connectivity index (χ1n) is 20.6. The molecule has 1 saturated heterocycles. The number of hydrogen-bond acceptors (Lipinski definition) is 12. The van der Waals surface area contributed by atoms with Crippen LogP contribution in [0.5, 0.6) is 0 Å². The molecule has 1 fully saturated rings. The first-order valence-corrected chi connectivity index (χ1v) is 22.1. The molecule has 2 aromatic heterocycles. The van der Waals surface area contributed by atoms with Crippen LogP contribution in [0.25, 0.3) is 5.52 Å². The Kier molecular flexibility index (Phi) is 19.8. The number of nitrogens with two attached hydrogens (primary N) is 1. The summed E-state index contributed by atoms with van der Waals surface area (Å²) in [6, 6.07) is 9.18. The number of nitrogen functional groups attached to an aromatic ring is 1. The SMILES string of the molecule is CCCCCCCCCCCCCCCCCCOC[C@H](COP(=O)(O)OC[C@H]1O[C@@](C)(c2ccc3c(N)ncnn23)[C@H](O)[C@@H]1O)OCc1ccc(C#N)c(F)c1. The second-order valence-electron chi connectivity index (χ2n) is 15.2. The molecule has 14 nitrogen and oxygen atoms in total. The van der Waals surface area contributed by atoms with Crippen molar-refractivity contribution in [2.24, 2.45) is 0 Å². The van der Waals surface area contributed by atoms with Gasteiger partial charge in [-0.2, -0.15) is 10.4 Å². The van der Waals surface area contributed by atoms with Crippen molar-refractivity contribution in [1.29, 1.82) is 5.26 Å². The Morgan fingerprint density at radius 1 is 0.965 bits per heavy atom. The number of anilines is 1. The summed E-state index contributed by atoms with van der Waals surface area (Å²) >= 11 is 0. The molecule has 0 radical (unpaired) electrons. The van der Waals surface area contributed by atoms with Gasteiger partial charge in [0.2, 0.25) is 0 Å². The average molecular weight is 820 g/mol. The molecule has 1 aliphatic rings. The molecule has 5 N–H and O–H groups in total. The third-order valence-corrected chi connectivity index (χ3v) is 11.5. The zero-order chi connectivity index (χ0) is 41.1. The van der Waals surface area contributed by atoms with Crippen molar-refractivity contribution in [2.45, 2.75) is 153 Å². The number of nitriles is 1. The van der Waals surface area contributed by atoms with E-state index < -0.39 is 56.9 Å². The lowest BCUT2D eigenvalue weighted by Crippen LogP contribution is -2.39. The molecule has 3 heterocycles. The Bertz CT molecular complexity index is 1730. The molecule has 3 aromatic rings. The van der Waals surface area contributed by atoms with Crippen molar-refractivity contribution in [1.82, 2.24) is 14.6 Å². The minimum Gasteiger partial charge on any atom is -0.387 e. The molecule has 1 aliphatic heterocycles. The maximum Gasteiger partial charge on any atom is 0.472 e. The van der Waals surface area contributed by atoms with Gasteiger partial charge in [0.15, 0.2) is 5.82 Å². The number of halogens is 1. The largest absolute Gasteiger partial charge is 0.472 e. The highest BCUT2D eigenvalue weighted by atomic mass is 31.2. The minimum atomic E-state index is -4.73. The van der Waals surface area contributed by atoms with Crippen LogP contribution in [-0.2, 0) is 40.0 Å². The standard InChI is InChI=1S/C41H63FN5O9P/c1-3-4-5-6-7-8-9-10-11-12-13-14-15-16-17-18-23-52-27-33(53-26-31-19-20-32(25-43)34(42)24-31)28-54-57(50,51)55-29-36-38(48)39(49)41(2,56-36)37-22-21-35-40(44)45-30-46-47(35)37/h19-22,24,30,33,36,38-39,48-49H,3-18,23,26-29H2,1-2H3,(H,50,51)(H2,44,45,46)/t33-,36-,38-,39-,41+/m1/s1. The van der Waals surface area contributed by atoms with E-state index in [1.165, 1.54) is 106 Å². The van der Waals surface area contributed by atoms with Crippen LogP contribution in [0, 0.1) is 17.1 Å². The molecule has 16 heteroatoms. The normalized spacial score (nSPS) is 21.2. The van der Waals surface area contributed by atoms with Crippen LogP contribution in [0.1, 0.15) is 133 Å². The molecule has 4 rings (SSSR count). The Balaban J connectivity index is 1.18. The van der Waals surface area contributed by atoms with Gasteiger partial charge >= 0.3 is 7.82 Å². The number of aromatic nitrogens is 3. The zero-order valence-corrected chi connectivity index (χ0v) is 34.5. The van der Waals surface area contributed by atoms with Crippen molar-refractivity contribution in [3.05, 3.63) is 59.3 Å². The Morgan fingerprint density at radius 2 is 1.60 bits per heavy atom. The molecular weight excluding hydrogens is 756 g/mol. The smallest absolute Gasteiger partial charge is 0.387 e. The topological polar surface area (TPSA) is 204 Å². The average Bonchev–Trinajstić information content (AvgIpc) is 3.74. The van der Waals surface area contributed by atoms with Gasteiger partial charge in [-0.25, -0.2) is 18.5 Å². The number of hydrogen-bond donors (Lipinski definition) is 4. The quantitative estimate of drug-likeness (QED) is 0.0393. The third kappa shape index (κ3) is 14.6. The number of rotatable bonds is 29. The summed E-state index contributed by atoms with van der Waals surface area (Å²) < 4.78 is 56.9. The molecule has 6 atom stereocenters. The molecule has 1 aromatic carbocycles. The van der Waals surface area contributed by atoms with Crippen LogP contribution in [0.15, 0.2) is 36.7 Å². The van der Waals surface area contributed by atoms with Crippen molar-refractivity contribution in [2.75, 3.05) is 32.2 Å². The number of benzene rings is 1. The van der Waals surface area contributed by atoms with E-state index in [9.17, 15) is 24.1 Å². The maximum absolute atomic E-state index is 14.2. The van der Waals surface area contributed by atoms with Crippen LogP contribution in [0.4, 0.5) is 10.2 Å². The number of phosphoric acid groups is 1. The van der Waals surface area contributed by atoms with Gasteiger partial charge in [-0.3, -0.25) is 9.05 Å². The Hall–Kier alpha value is -3.03. The molecule has 318 valence electrons. The number of unbranched alkanes of at least 4 members (excludes halogenated alkanes) is 15. The summed E-state index contributed by atoms with van der Waals surface area (Å²) in [5.41, 5.74) is 5.68. The van der Waals surface area contributed by atoms with Gasteiger partial charge in [-0.1, -0.05) is 109 Å². The van der Waals surface area contributed by atoms with Gasteiger partial charge in [0, 0.05) is 6.61 Å². The van der Waals surface area contributed by atoms with E-state index >= 15 is 0 Å². The van der Waals surface area contributed by atoms with Gasteiger partial charge in [-0.05, 0) is 43.2 Å². The third-order valence-electron chi connectivity index (χ3n) is 10.6. The van der Waals surface area contributed by atoms with E-state index in [1.807, 2.05) is 0 Å². The number of ether oxygens (including phenoxy) is 3. The second kappa shape index (κ2) is 24.1. The predicted octanol–water partition coefficient (Wildman–Crippen LogP) is 7.66. The summed E-state index contributed by atoms with van der Waals surface area (Å²) in [6.07, 6.45) is 16.5. The van der Waals surface area contributed by atoms with Crippen molar-refractivity contribution < 1.29 is 47.3 Å². The van der Waals surface area contributed by atoms with Crippen molar-refractivity contribution in [3.63, 3.8) is 0 Å². The van der Waals surface area contributed by atoms with Crippen molar-refractivity contribution in [3.8, 4) is 6.07 Å². The fourth-order valence-electron chi connectivity index (χ4n) is 7.10. The molecule has 57 heavy (non-hydrogen) atoms. The highest BCUT2D eigenvalue weighted by Crippen LogP contribution is 2.46. The predicted molar refractivity (Wildman–Crippen MR) is 213 cm³/mol. The highest BCUT2D eigenvalue weighted by molar-refractivity contribution is 7.47. The Morgan fingerprint density at radius 3 is 2.21 bits per heavy atom. The Labute approximate surface area is 336 Å². The molecule has 1 unspecified atom stereocenters. The van der Waals surface area contributed by atoms with E-state index in [1.54, 1.807) is 31.2 Å². The van der Waals surface area contributed by atoms with E-state index in [-0.39, 0.29) is 24.6 Å². The lowest BCUT2D eigenvalue weighted by atomic mass is 9.93. The van der Waals surface area contributed by atoms with Crippen LogP contribution < -0.4 is 5.73 Å². The fourth-order valence-corrected chi connectivity index (χ4v) is 7.87. The first kappa shape index (κ1) is 46.7. The number of aliphatic hydroxyl groups is 2. The maximum atomic E-state index is 14.2. The van der Waals surface area contributed by atoms with Gasteiger partial charge < -0.3 is 35.1 Å². The number of phosphoric ester groups is 1. The summed E-state index contributed by atoms with van der Waals surface area (Å²) in [4.78, 5) is 14.5. The molecule has 0 amide bonds. The van der Waals surface area contributed by atoms with Gasteiger partial charge in [-0.15, -0.1) is 0 Å². The zero-order valence-electron chi connectivity index (χ0n) is 33.6. The van der Waals surface area contributed by atoms with Crippen LogP contribution in [-0.4, -0.2) is 80.5 Å². The second-order valence-corrected chi connectivity index (χ2v) is 16.6. The molecule has 0 saturated carbocycles. The molecule has 0 bridgehead atoms. The number of fused-ring (bicyclic) bond motifs is 1. The van der Waals surface area contributed by atoms with E-state index in [0.717, 1.165) is 19.3 Å². The van der Waals surface area contributed by atoms with Crippen LogP contribution >= 0.6 is 7.82 Å². The molecule has 0 aliphatic carbocycles. The number of aliphatic hydroxyl groups excluding tert-OH is 2. The van der Waals surface area contributed by atoms with Crippen molar-refractivity contribution >= 4 is 19.2 Å². The first-order chi connectivity index (χ1) is 27.5. The van der Waals surface area contributed by atoms with Crippen LogP contribution in [0.3, 0.4) is 0 Å². The highest BCUT2D eigenvalue weighted by Gasteiger charge is 2.54. The fraction of sp³-hybridized carbons (Fsp3) is 0.683. The van der Waals surface area contributed by atoms with Gasteiger partial charge in [0.1, 0.15) is 53.7 Å². The van der Waals surface area contributed by atoms with E-state index in [2.05, 4.69) is 17.0 Å². The lowest BCUT2D eigenvalue weighted by molar-refractivity contribution is -0.0901. The number of nitrogens with zero attached hydrogens (tertiary/aromatic N) is 4. The van der Waals surface area contributed by atoms with Crippen LogP contribution in [0.2, 0.25) is 0 Å². The molecule has 0 spiro atoms. The summed E-state index contributed by atoms with van der Waals surface area (Å²) in [5, 5.41) is 35.0. The monoisotopic (exact) mass is 819 g/mol. The summed E-state index contributed by atoms with van der Waals surface area (Å²) in [7, 11) is -4.73.